The first-order valence-electron chi connectivity index (χ1n) is 8.06. The fourth-order valence-corrected chi connectivity index (χ4v) is 3.17. The van der Waals surface area contributed by atoms with Crippen LogP contribution >= 0.6 is 27.5 Å². The van der Waals surface area contributed by atoms with Gasteiger partial charge in [-0.3, -0.25) is 14.5 Å². The minimum atomic E-state index is -0.276. The molecule has 0 aliphatic heterocycles. The van der Waals surface area contributed by atoms with Crippen molar-refractivity contribution in [1.82, 2.24) is 14.8 Å². The lowest BCUT2D eigenvalue weighted by molar-refractivity contribution is 0.102. The third-order valence-corrected chi connectivity index (χ3v) is 4.44. The maximum atomic E-state index is 12.5. The monoisotopic (exact) mass is 449 g/mol. The van der Waals surface area contributed by atoms with E-state index < -0.39 is 0 Å². The van der Waals surface area contributed by atoms with Crippen LogP contribution in [0.5, 0.6) is 5.75 Å². The van der Waals surface area contributed by atoms with Crippen molar-refractivity contribution in [3.63, 3.8) is 0 Å². The van der Waals surface area contributed by atoms with E-state index in [2.05, 4.69) is 31.3 Å². The number of hydrogen-bond acceptors (Lipinski definition) is 5. The average molecular weight is 451 g/mol. The smallest absolute Gasteiger partial charge is 0.257 e. The third kappa shape index (κ3) is 4.47. The fraction of sp³-hybridized carbons (Fsp3) is 0.167. The van der Waals surface area contributed by atoms with Gasteiger partial charge in [0.1, 0.15) is 12.4 Å². The quantitative estimate of drug-likeness (QED) is 0.599. The fourth-order valence-electron chi connectivity index (χ4n) is 2.54. The number of carbonyl (C=O) groups is 1. The highest BCUT2D eigenvalue weighted by atomic mass is 79.9. The molecule has 1 amide bonds. The van der Waals surface area contributed by atoms with E-state index in [1.807, 2.05) is 0 Å². The number of rotatable bonds is 6. The summed E-state index contributed by atoms with van der Waals surface area (Å²) in [6, 6.07) is 7.00. The number of carbonyl (C=O) groups excluding carboxylic acids is 1. The zero-order chi connectivity index (χ0) is 19.4. The summed E-state index contributed by atoms with van der Waals surface area (Å²) in [5.74, 6) is 0.328. The molecule has 9 heteroatoms. The Morgan fingerprint density at radius 3 is 2.81 bits per heavy atom. The number of benzene rings is 1. The summed E-state index contributed by atoms with van der Waals surface area (Å²) in [5.41, 5.74) is 7.96. The molecule has 0 aliphatic carbocycles. The van der Waals surface area contributed by atoms with Crippen molar-refractivity contribution in [3.05, 3.63) is 57.9 Å². The van der Waals surface area contributed by atoms with E-state index in [0.717, 1.165) is 4.47 Å². The van der Waals surface area contributed by atoms with Crippen molar-refractivity contribution in [1.29, 1.82) is 0 Å². The molecule has 27 heavy (non-hydrogen) atoms. The predicted octanol–water partition coefficient (Wildman–Crippen LogP) is 3.49. The van der Waals surface area contributed by atoms with Gasteiger partial charge in [0.15, 0.2) is 0 Å². The highest BCUT2D eigenvalue weighted by Crippen LogP contribution is 2.36. The average Bonchev–Trinajstić information content (AvgIpc) is 2.99. The number of anilines is 1. The molecule has 0 spiro atoms. The predicted molar refractivity (Wildman–Crippen MR) is 108 cm³/mol. The van der Waals surface area contributed by atoms with Crippen molar-refractivity contribution in [2.75, 3.05) is 18.5 Å². The first-order valence-corrected chi connectivity index (χ1v) is 9.23. The number of aryl methyl sites for hydroxylation is 1. The topological polar surface area (TPSA) is 95.1 Å². The summed E-state index contributed by atoms with van der Waals surface area (Å²) >= 11 is 9.60. The number of aromatic nitrogens is 3. The van der Waals surface area contributed by atoms with E-state index in [-0.39, 0.29) is 5.91 Å². The van der Waals surface area contributed by atoms with E-state index in [1.54, 1.807) is 48.4 Å². The van der Waals surface area contributed by atoms with Crippen LogP contribution in [0.4, 0.5) is 5.69 Å². The Kier molecular flexibility index (Phi) is 6.10. The summed E-state index contributed by atoms with van der Waals surface area (Å²) in [6.07, 6.45) is 4.67. The Morgan fingerprint density at radius 2 is 2.15 bits per heavy atom. The molecule has 0 aliphatic rings. The van der Waals surface area contributed by atoms with Crippen molar-refractivity contribution >= 4 is 39.1 Å². The summed E-state index contributed by atoms with van der Waals surface area (Å²) < 4.78 is 8.10. The Labute approximate surface area is 169 Å². The van der Waals surface area contributed by atoms with Gasteiger partial charge in [0.2, 0.25) is 0 Å². The molecule has 3 aromatic rings. The highest BCUT2D eigenvalue weighted by Gasteiger charge is 2.16. The van der Waals surface area contributed by atoms with Gasteiger partial charge in [-0.15, -0.1) is 0 Å². The van der Waals surface area contributed by atoms with Gasteiger partial charge < -0.3 is 15.8 Å². The second-order valence-corrected chi connectivity index (χ2v) is 6.98. The van der Waals surface area contributed by atoms with Crippen molar-refractivity contribution in [2.24, 2.45) is 12.8 Å². The Balaban J connectivity index is 1.95. The van der Waals surface area contributed by atoms with Gasteiger partial charge in [-0.1, -0.05) is 11.6 Å². The van der Waals surface area contributed by atoms with Gasteiger partial charge in [0, 0.05) is 41.7 Å². The van der Waals surface area contributed by atoms with Crippen LogP contribution in [-0.4, -0.2) is 33.8 Å². The Morgan fingerprint density at radius 1 is 1.33 bits per heavy atom. The SMILES string of the molecule is Cn1ncc(Cl)c1-c1cc(NC(=O)c2cncc(Br)c2)ccc1OCCN. The number of ether oxygens (including phenoxy) is 1. The summed E-state index contributed by atoms with van der Waals surface area (Å²) in [5, 5.41) is 7.50. The lowest BCUT2D eigenvalue weighted by Crippen LogP contribution is -2.13. The Bertz CT molecular complexity index is 957. The molecule has 2 heterocycles. The first kappa shape index (κ1) is 19.3. The molecule has 1 aromatic carbocycles. The molecule has 0 saturated carbocycles. The molecular weight excluding hydrogens is 434 g/mol. The zero-order valence-corrected chi connectivity index (χ0v) is 16.8. The van der Waals surface area contributed by atoms with Gasteiger partial charge in [0.25, 0.3) is 5.91 Å². The van der Waals surface area contributed by atoms with Crippen LogP contribution in [0.15, 0.2) is 47.3 Å². The number of halogens is 2. The number of pyridine rings is 1. The van der Waals surface area contributed by atoms with Crippen molar-refractivity contribution in [2.45, 2.75) is 0 Å². The van der Waals surface area contributed by atoms with Gasteiger partial charge in [0.05, 0.1) is 22.5 Å². The molecule has 2 aromatic heterocycles. The van der Waals surface area contributed by atoms with Crippen molar-refractivity contribution in [3.8, 4) is 17.0 Å². The van der Waals surface area contributed by atoms with E-state index >= 15 is 0 Å². The summed E-state index contributed by atoms with van der Waals surface area (Å²) in [6.45, 7) is 0.741. The maximum absolute atomic E-state index is 12.5. The molecule has 3 rings (SSSR count). The standard InChI is InChI=1S/C18H17BrClN5O2/c1-25-17(15(20)10-23-25)14-7-13(2-3-16(14)27-5-4-21)24-18(26)11-6-12(19)9-22-8-11/h2-3,6-10H,4-5,21H2,1H3,(H,24,26). The molecule has 0 unspecified atom stereocenters. The normalized spacial score (nSPS) is 10.7. The lowest BCUT2D eigenvalue weighted by Gasteiger charge is -2.14. The maximum Gasteiger partial charge on any atom is 0.257 e. The molecule has 0 radical (unpaired) electrons. The van der Waals surface area contributed by atoms with E-state index in [0.29, 0.717) is 46.4 Å². The van der Waals surface area contributed by atoms with Crippen LogP contribution in [-0.2, 0) is 7.05 Å². The second-order valence-electron chi connectivity index (χ2n) is 5.66. The summed E-state index contributed by atoms with van der Waals surface area (Å²) in [4.78, 5) is 16.5. The second kappa shape index (κ2) is 8.51. The largest absolute Gasteiger partial charge is 0.492 e. The molecular formula is C18H17BrClN5O2. The highest BCUT2D eigenvalue weighted by molar-refractivity contribution is 9.10. The lowest BCUT2D eigenvalue weighted by atomic mass is 10.1. The number of nitrogens with two attached hydrogens (primary N) is 1. The number of nitrogens with zero attached hydrogens (tertiary/aromatic N) is 3. The third-order valence-electron chi connectivity index (χ3n) is 3.73. The van der Waals surface area contributed by atoms with Crippen LogP contribution in [0, 0.1) is 0 Å². The molecule has 7 nitrogen and oxygen atoms in total. The zero-order valence-electron chi connectivity index (χ0n) is 14.4. The molecule has 140 valence electrons. The Hall–Kier alpha value is -2.42. The van der Waals surface area contributed by atoms with Crippen LogP contribution < -0.4 is 15.8 Å². The van der Waals surface area contributed by atoms with Gasteiger partial charge in [-0.2, -0.15) is 5.10 Å². The van der Waals surface area contributed by atoms with E-state index in [9.17, 15) is 4.79 Å². The van der Waals surface area contributed by atoms with Crippen LogP contribution in [0.1, 0.15) is 10.4 Å². The van der Waals surface area contributed by atoms with Gasteiger partial charge in [-0.05, 0) is 40.2 Å². The molecule has 0 bridgehead atoms. The van der Waals surface area contributed by atoms with Crippen LogP contribution in [0.25, 0.3) is 11.3 Å². The van der Waals surface area contributed by atoms with E-state index in [4.69, 9.17) is 22.1 Å². The number of nitrogens with one attached hydrogen (secondary N) is 1. The molecule has 0 atom stereocenters. The van der Waals surface area contributed by atoms with E-state index in [1.165, 1.54) is 6.20 Å². The van der Waals surface area contributed by atoms with Crippen LogP contribution in [0.2, 0.25) is 5.02 Å². The first-order chi connectivity index (χ1) is 13.0. The molecule has 0 saturated heterocycles. The number of amides is 1. The number of hydrogen-bond donors (Lipinski definition) is 2. The van der Waals surface area contributed by atoms with Gasteiger partial charge >= 0.3 is 0 Å². The van der Waals surface area contributed by atoms with Gasteiger partial charge in [-0.25, -0.2) is 0 Å². The summed E-state index contributed by atoms with van der Waals surface area (Å²) in [7, 11) is 1.78. The molecule has 3 N–H and O–H groups in total. The minimum Gasteiger partial charge on any atom is -0.492 e. The molecule has 0 fully saturated rings. The van der Waals surface area contributed by atoms with Crippen molar-refractivity contribution < 1.29 is 9.53 Å². The van der Waals surface area contributed by atoms with Crippen LogP contribution in [0.3, 0.4) is 0 Å². The minimum absolute atomic E-state index is 0.276.